The Hall–Kier alpha value is -0.0500. The first-order valence-electron chi connectivity index (χ1n) is 4.15. The van der Waals surface area contributed by atoms with Crippen LogP contribution in [0, 0.1) is 5.92 Å². The van der Waals surface area contributed by atoms with E-state index < -0.39 is 0 Å². The van der Waals surface area contributed by atoms with Gasteiger partial charge in [0.15, 0.2) is 0 Å². The van der Waals surface area contributed by atoms with E-state index in [-0.39, 0.29) is 12.4 Å². The molecule has 1 aromatic heterocycles. The Balaban J connectivity index is 0.000000720. The molecule has 0 amide bonds. The van der Waals surface area contributed by atoms with Crippen molar-refractivity contribution in [2.24, 2.45) is 11.7 Å². The topological polar surface area (TPSA) is 26.0 Å². The lowest BCUT2D eigenvalue weighted by Crippen LogP contribution is -2.08. The molecule has 1 aliphatic rings. The molecular weight excluding hydrogens is 190 g/mol. The van der Waals surface area contributed by atoms with Crippen LogP contribution >= 0.6 is 23.7 Å². The maximum absolute atomic E-state index is 5.99. The van der Waals surface area contributed by atoms with Gasteiger partial charge in [-0.1, -0.05) is 18.9 Å². The molecule has 0 aliphatic heterocycles. The fourth-order valence-corrected chi connectivity index (χ4v) is 2.07. The van der Waals surface area contributed by atoms with Gasteiger partial charge in [0.25, 0.3) is 0 Å². The quantitative estimate of drug-likeness (QED) is 0.803. The second kappa shape index (κ2) is 4.26. The summed E-state index contributed by atoms with van der Waals surface area (Å²) in [7, 11) is 0. The zero-order chi connectivity index (χ0) is 7.68. The van der Waals surface area contributed by atoms with Gasteiger partial charge in [0, 0.05) is 10.9 Å². The molecule has 68 valence electrons. The summed E-state index contributed by atoms with van der Waals surface area (Å²) < 4.78 is 0. The summed E-state index contributed by atoms with van der Waals surface area (Å²) in [4.78, 5) is 1.34. The number of hydrogen-bond acceptors (Lipinski definition) is 2. The highest BCUT2D eigenvalue weighted by atomic mass is 35.5. The highest BCUT2D eigenvalue weighted by Crippen LogP contribution is 2.37. The van der Waals surface area contributed by atoms with Crippen LogP contribution in [-0.4, -0.2) is 0 Å². The van der Waals surface area contributed by atoms with E-state index in [0.29, 0.717) is 6.04 Å². The fourth-order valence-electron chi connectivity index (χ4n) is 1.33. The maximum atomic E-state index is 5.99. The van der Waals surface area contributed by atoms with Crippen LogP contribution in [0.25, 0.3) is 0 Å². The van der Waals surface area contributed by atoms with Crippen molar-refractivity contribution in [2.75, 3.05) is 0 Å². The molecule has 1 aliphatic carbocycles. The lowest BCUT2D eigenvalue weighted by atomic mass is 10.1. The molecular formula is C9H14ClNS. The maximum Gasteiger partial charge on any atom is 0.0392 e. The summed E-state index contributed by atoms with van der Waals surface area (Å²) >= 11 is 1.78. The molecule has 0 radical (unpaired) electrons. The van der Waals surface area contributed by atoms with Crippen LogP contribution in [0.2, 0.25) is 0 Å². The van der Waals surface area contributed by atoms with Crippen molar-refractivity contribution in [3.8, 4) is 0 Å². The van der Waals surface area contributed by atoms with Gasteiger partial charge in [-0.2, -0.15) is 0 Å². The van der Waals surface area contributed by atoms with Crippen LogP contribution in [0.3, 0.4) is 0 Å². The zero-order valence-electron chi connectivity index (χ0n) is 6.90. The van der Waals surface area contributed by atoms with E-state index in [1.165, 1.54) is 24.1 Å². The van der Waals surface area contributed by atoms with E-state index in [2.05, 4.69) is 17.5 Å². The molecule has 1 saturated carbocycles. The minimum Gasteiger partial charge on any atom is -0.323 e. The molecule has 0 spiro atoms. The Bertz CT molecular complexity index is 218. The van der Waals surface area contributed by atoms with E-state index in [9.17, 15) is 0 Å². The van der Waals surface area contributed by atoms with Crippen molar-refractivity contribution < 1.29 is 0 Å². The predicted octanol–water partition coefficient (Wildman–Crippen LogP) is 2.97. The smallest absolute Gasteiger partial charge is 0.0392 e. The summed E-state index contributed by atoms with van der Waals surface area (Å²) in [6.45, 7) is 0. The first-order chi connectivity index (χ1) is 5.36. The highest BCUT2D eigenvalue weighted by molar-refractivity contribution is 7.10. The molecule has 2 rings (SSSR count). The highest BCUT2D eigenvalue weighted by Gasteiger charge is 2.24. The fraction of sp³-hybridized carbons (Fsp3) is 0.556. The lowest BCUT2D eigenvalue weighted by Gasteiger charge is -2.06. The third-order valence-electron chi connectivity index (χ3n) is 2.19. The molecule has 12 heavy (non-hydrogen) atoms. The third-order valence-corrected chi connectivity index (χ3v) is 3.20. The van der Waals surface area contributed by atoms with Crippen LogP contribution in [0.4, 0.5) is 0 Å². The van der Waals surface area contributed by atoms with E-state index in [4.69, 9.17) is 5.73 Å². The van der Waals surface area contributed by atoms with Gasteiger partial charge in [0.05, 0.1) is 0 Å². The van der Waals surface area contributed by atoms with E-state index in [0.717, 1.165) is 5.92 Å². The second-order valence-electron chi connectivity index (χ2n) is 3.30. The van der Waals surface area contributed by atoms with Gasteiger partial charge in [-0.15, -0.1) is 23.7 Å². The molecule has 0 saturated heterocycles. The van der Waals surface area contributed by atoms with Crippen molar-refractivity contribution in [3.05, 3.63) is 22.4 Å². The Labute approximate surface area is 83.4 Å². The Kier molecular flexibility index (Phi) is 3.56. The second-order valence-corrected chi connectivity index (χ2v) is 4.28. The molecule has 0 aromatic carbocycles. The number of thiophene rings is 1. The van der Waals surface area contributed by atoms with Crippen molar-refractivity contribution in [1.82, 2.24) is 0 Å². The van der Waals surface area contributed by atoms with Crippen LogP contribution in [-0.2, 0) is 0 Å². The SMILES string of the molecule is Cl.N[C@@H](CC1CC1)c1cccs1. The van der Waals surface area contributed by atoms with Crippen LogP contribution in [0.15, 0.2) is 17.5 Å². The van der Waals surface area contributed by atoms with Gasteiger partial charge in [0.1, 0.15) is 0 Å². The van der Waals surface area contributed by atoms with Crippen LogP contribution in [0.5, 0.6) is 0 Å². The summed E-state index contributed by atoms with van der Waals surface area (Å²) in [6, 6.07) is 4.52. The van der Waals surface area contributed by atoms with Crippen molar-refractivity contribution in [3.63, 3.8) is 0 Å². The van der Waals surface area contributed by atoms with Gasteiger partial charge in [0.2, 0.25) is 0 Å². The number of hydrogen-bond donors (Lipinski definition) is 1. The Morgan fingerprint density at radius 3 is 2.83 bits per heavy atom. The molecule has 1 atom stereocenters. The van der Waals surface area contributed by atoms with Gasteiger partial charge in [-0.3, -0.25) is 0 Å². The molecule has 0 unspecified atom stereocenters. The summed E-state index contributed by atoms with van der Waals surface area (Å²) in [6.07, 6.45) is 4.00. The predicted molar refractivity (Wildman–Crippen MR) is 55.8 cm³/mol. The van der Waals surface area contributed by atoms with Gasteiger partial charge in [-0.05, 0) is 23.8 Å². The lowest BCUT2D eigenvalue weighted by molar-refractivity contribution is 0.605. The monoisotopic (exact) mass is 203 g/mol. The molecule has 1 fully saturated rings. The molecule has 1 heterocycles. The largest absolute Gasteiger partial charge is 0.323 e. The van der Waals surface area contributed by atoms with Gasteiger partial charge in [-0.25, -0.2) is 0 Å². The summed E-state index contributed by atoms with van der Waals surface area (Å²) in [5.41, 5.74) is 5.99. The van der Waals surface area contributed by atoms with Crippen molar-refractivity contribution in [1.29, 1.82) is 0 Å². The Morgan fingerprint density at radius 1 is 1.58 bits per heavy atom. The molecule has 3 heteroatoms. The molecule has 1 nitrogen and oxygen atoms in total. The van der Waals surface area contributed by atoms with Crippen molar-refractivity contribution >= 4 is 23.7 Å². The normalized spacial score (nSPS) is 18.4. The molecule has 0 bridgehead atoms. The van der Waals surface area contributed by atoms with E-state index in [1.54, 1.807) is 11.3 Å². The Morgan fingerprint density at radius 2 is 2.33 bits per heavy atom. The number of halogens is 1. The molecule has 2 N–H and O–H groups in total. The average Bonchev–Trinajstić information content (AvgIpc) is 2.67. The van der Waals surface area contributed by atoms with Crippen LogP contribution in [0.1, 0.15) is 30.2 Å². The van der Waals surface area contributed by atoms with Gasteiger partial charge >= 0.3 is 0 Å². The van der Waals surface area contributed by atoms with E-state index in [1.807, 2.05) is 0 Å². The molecule has 1 aromatic rings. The number of nitrogens with two attached hydrogens (primary N) is 1. The standard InChI is InChI=1S/C9H13NS.ClH/c10-8(6-7-3-4-7)9-2-1-5-11-9;/h1-2,5,7-8H,3-4,6,10H2;1H/t8-;/m0./s1. The average molecular weight is 204 g/mol. The van der Waals surface area contributed by atoms with E-state index >= 15 is 0 Å². The van der Waals surface area contributed by atoms with Gasteiger partial charge < -0.3 is 5.73 Å². The van der Waals surface area contributed by atoms with Crippen LogP contribution < -0.4 is 5.73 Å². The third kappa shape index (κ3) is 2.47. The first kappa shape index (κ1) is 10.0. The first-order valence-corrected chi connectivity index (χ1v) is 5.03. The zero-order valence-corrected chi connectivity index (χ0v) is 8.53. The summed E-state index contributed by atoms with van der Waals surface area (Å²) in [5, 5.41) is 2.10. The van der Waals surface area contributed by atoms with Crippen molar-refractivity contribution in [2.45, 2.75) is 25.3 Å². The summed E-state index contributed by atoms with van der Waals surface area (Å²) in [5.74, 6) is 0.937. The minimum atomic E-state index is 0. The minimum absolute atomic E-state index is 0. The number of rotatable bonds is 3.